The smallest absolute Gasteiger partial charge is 0.248 e. The number of aromatic amines is 1. The standard InChI is InChI=1S/C19H16F2N4O/c1-24(2)19-22-14-5-3-4-6-15(14)25(19)10-11-9-16(26)23-18-12(11)7-8-13(20)17(18)21/h3-9H,10H2,1-2H3,(H,23,26). The molecular formula is C19H16F2N4O. The quantitative estimate of drug-likeness (QED) is 0.614. The zero-order chi connectivity index (χ0) is 18.4. The lowest BCUT2D eigenvalue weighted by Gasteiger charge is -2.16. The Morgan fingerprint density at radius 2 is 1.92 bits per heavy atom. The molecule has 0 amide bonds. The molecule has 2 heterocycles. The van der Waals surface area contributed by atoms with Crippen LogP contribution in [0.25, 0.3) is 21.9 Å². The van der Waals surface area contributed by atoms with Crippen LogP contribution in [0.1, 0.15) is 5.56 Å². The van der Waals surface area contributed by atoms with Gasteiger partial charge in [-0.1, -0.05) is 12.1 Å². The van der Waals surface area contributed by atoms with Gasteiger partial charge in [-0.25, -0.2) is 13.8 Å². The Bertz CT molecular complexity index is 1190. The molecule has 0 aliphatic rings. The molecular weight excluding hydrogens is 338 g/mol. The lowest BCUT2D eigenvalue weighted by atomic mass is 10.1. The second-order valence-corrected chi connectivity index (χ2v) is 6.32. The number of benzene rings is 2. The molecule has 7 heteroatoms. The van der Waals surface area contributed by atoms with Crippen LogP contribution in [0.4, 0.5) is 14.7 Å². The number of anilines is 1. The second kappa shape index (κ2) is 5.94. The SMILES string of the molecule is CN(C)c1nc2ccccc2n1Cc1cc(=O)[nH]c2c(F)c(F)ccc12. The number of nitrogens with zero attached hydrogens (tertiary/aromatic N) is 3. The molecule has 132 valence electrons. The maximum absolute atomic E-state index is 14.1. The Hall–Kier alpha value is -3.22. The van der Waals surface area contributed by atoms with Crippen LogP contribution in [-0.4, -0.2) is 28.6 Å². The zero-order valence-electron chi connectivity index (χ0n) is 14.3. The maximum atomic E-state index is 14.1. The van der Waals surface area contributed by atoms with Crippen molar-refractivity contribution in [3.8, 4) is 0 Å². The van der Waals surface area contributed by atoms with Crippen molar-refractivity contribution in [2.45, 2.75) is 6.54 Å². The average Bonchev–Trinajstić information content (AvgIpc) is 2.97. The molecule has 5 nitrogen and oxygen atoms in total. The number of halogens is 2. The monoisotopic (exact) mass is 354 g/mol. The number of H-pyrrole nitrogens is 1. The summed E-state index contributed by atoms with van der Waals surface area (Å²) in [5.41, 5.74) is 1.71. The van der Waals surface area contributed by atoms with Gasteiger partial charge in [-0.2, -0.15) is 0 Å². The summed E-state index contributed by atoms with van der Waals surface area (Å²) in [6.07, 6.45) is 0. The summed E-state index contributed by atoms with van der Waals surface area (Å²) in [6, 6.07) is 11.6. The number of aromatic nitrogens is 3. The summed E-state index contributed by atoms with van der Waals surface area (Å²) in [5.74, 6) is -1.33. The highest BCUT2D eigenvalue weighted by Crippen LogP contribution is 2.26. The molecule has 4 rings (SSSR count). The van der Waals surface area contributed by atoms with E-state index in [1.807, 2.05) is 47.8 Å². The molecule has 0 bridgehead atoms. The number of para-hydroxylation sites is 2. The van der Waals surface area contributed by atoms with Gasteiger partial charge in [0.2, 0.25) is 11.5 Å². The van der Waals surface area contributed by atoms with Gasteiger partial charge < -0.3 is 14.5 Å². The third-order valence-corrected chi connectivity index (χ3v) is 4.36. The van der Waals surface area contributed by atoms with Crippen molar-refractivity contribution < 1.29 is 8.78 Å². The summed E-state index contributed by atoms with van der Waals surface area (Å²) in [4.78, 5) is 20.9. The fraction of sp³-hybridized carbons (Fsp3) is 0.158. The predicted octanol–water partition coefficient (Wildman–Crippen LogP) is 3.27. The molecule has 0 unspecified atom stereocenters. The van der Waals surface area contributed by atoms with Crippen LogP contribution in [0, 0.1) is 11.6 Å². The highest BCUT2D eigenvalue weighted by molar-refractivity contribution is 5.83. The Morgan fingerprint density at radius 3 is 2.69 bits per heavy atom. The van der Waals surface area contributed by atoms with Crippen LogP contribution in [0.2, 0.25) is 0 Å². The molecule has 0 atom stereocenters. The van der Waals surface area contributed by atoms with Crippen LogP contribution in [0.5, 0.6) is 0 Å². The molecule has 0 saturated carbocycles. The number of hydrogen-bond donors (Lipinski definition) is 1. The van der Waals surface area contributed by atoms with Crippen LogP contribution in [0.15, 0.2) is 47.3 Å². The van der Waals surface area contributed by atoms with E-state index in [9.17, 15) is 13.6 Å². The van der Waals surface area contributed by atoms with Crippen LogP contribution < -0.4 is 10.5 Å². The average molecular weight is 354 g/mol. The number of imidazole rings is 1. The third kappa shape index (κ3) is 2.52. The number of fused-ring (bicyclic) bond motifs is 2. The summed E-state index contributed by atoms with van der Waals surface area (Å²) < 4.78 is 29.6. The molecule has 0 spiro atoms. The van der Waals surface area contributed by atoms with E-state index in [0.29, 0.717) is 23.4 Å². The molecule has 2 aromatic heterocycles. The fourth-order valence-electron chi connectivity index (χ4n) is 3.20. The van der Waals surface area contributed by atoms with E-state index >= 15 is 0 Å². The van der Waals surface area contributed by atoms with E-state index in [4.69, 9.17) is 0 Å². The van der Waals surface area contributed by atoms with Crippen molar-refractivity contribution in [3.63, 3.8) is 0 Å². The minimum Gasteiger partial charge on any atom is -0.348 e. The van der Waals surface area contributed by atoms with E-state index in [1.165, 1.54) is 12.1 Å². The first-order valence-electron chi connectivity index (χ1n) is 8.08. The summed E-state index contributed by atoms with van der Waals surface area (Å²) in [5, 5.41) is 0.464. The van der Waals surface area contributed by atoms with Crippen molar-refractivity contribution in [2.75, 3.05) is 19.0 Å². The van der Waals surface area contributed by atoms with Gasteiger partial charge in [0.15, 0.2) is 11.6 Å². The first kappa shape index (κ1) is 16.3. The van der Waals surface area contributed by atoms with Gasteiger partial charge in [0.25, 0.3) is 0 Å². The van der Waals surface area contributed by atoms with Crippen molar-refractivity contribution in [1.29, 1.82) is 0 Å². The van der Waals surface area contributed by atoms with Crippen LogP contribution in [-0.2, 0) is 6.54 Å². The normalized spacial score (nSPS) is 11.4. The van der Waals surface area contributed by atoms with Gasteiger partial charge in [-0.3, -0.25) is 4.79 Å². The molecule has 2 aromatic carbocycles. The number of rotatable bonds is 3. The van der Waals surface area contributed by atoms with E-state index in [-0.39, 0.29) is 5.52 Å². The predicted molar refractivity (Wildman–Crippen MR) is 97.6 cm³/mol. The van der Waals surface area contributed by atoms with Gasteiger partial charge in [0.05, 0.1) is 23.1 Å². The Labute approximate surface area is 147 Å². The fourth-order valence-corrected chi connectivity index (χ4v) is 3.20. The highest BCUT2D eigenvalue weighted by atomic mass is 19.2. The van der Waals surface area contributed by atoms with Crippen molar-refractivity contribution in [2.24, 2.45) is 0 Å². The van der Waals surface area contributed by atoms with Crippen molar-refractivity contribution in [1.82, 2.24) is 14.5 Å². The van der Waals surface area contributed by atoms with Crippen LogP contribution in [0.3, 0.4) is 0 Å². The highest BCUT2D eigenvalue weighted by Gasteiger charge is 2.16. The Morgan fingerprint density at radius 1 is 1.15 bits per heavy atom. The van der Waals surface area contributed by atoms with Gasteiger partial charge in [0.1, 0.15) is 0 Å². The second-order valence-electron chi connectivity index (χ2n) is 6.32. The van der Waals surface area contributed by atoms with Crippen LogP contribution >= 0.6 is 0 Å². The van der Waals surface area contributed by atoms with Gasteiger partial charge in [-0.15, -0.1) is 0 Å². The van der Waals surface area contributed by atoms with Crippen molar-refractivity contribution >= 4 is 27.9 Å². The number of pyridine rings is 1. The number of nitrogens with one attached hydrogen (secondary N) is 1. The first-order valence-corrected chi connectivity index (χ1v) is 8.08. The molecule has 1 N–H and O–H groups in total. The molecule has 0 radical (unpaired) electrons. The molecule has 4 aromatic rings. The Kier molecular flexibility index (Phi) is 3.72. The van der Waals surface area contributed by atoms with Crippen molar-refractivity contribution in [3.05, 3.63) is 70.0 Å². The van der Waals surface area contributed by atoms with E-state index in [0.717, 1.165) is 17.1 Å². The number of hydrogen-bond acceptors (Lipinski definition) is 3. The minimum atomic E-state index is -1.05. The van der Waals surface area contributed by atoms with Gasteiger partial charge >= 0.3 is 0 Å². The summed E-state index contributed by atoms with van der Waals surface area (Å²) in [7, 11) is 3.76. The zero-order valence-corrected chi connectivity index (χ0v) is 14.3. The Balaban J connectivity index is 1.96. The molecule has 26 heavy (non-hydrogen) atoms. The molecule has 0 saturated heterocycles. The summed E-state index contributed by atoms with van der Waals surface area (Å²) in [6.45, 7) is 0.305. The third-order valence-electron chi connectivity index (χ3n) is 4.36. The molecule has 0 aliphatic carbocycles. The molecule has 0 aliphatic heterocycles. The first-order chi connectivity index (χ1) is 12.5. The largest absolute Gasteiger partial charge is 0.348 e. The maximum Gasteiger partial charge on any atom is 0.248 e. The minimum absolute atomic E-state index is 0.122. The van der Waals surface area contributed by atoms with Gasteiger partial charge in [-0.05, 0) is 29.8 Å². The topological polar surface area (TPSA) is 53.9 Å². The summed E-state index contributed by atoms with van der Waals surface area (Å²) >= 11 is 0. The van der Waals surface area contributed by atoms with Gasteiger partial charge in [0, 0.05) is 25.5 Å². The van der Waals surface area contributed by atoms with E-state index in [1.54, 1.807) is 0 Å². The lowest BCUT2D eigenvalue weighted by molar-refractivity contribution is 0.515. The van der Waals surface area contributed by atoms with E-state index in [2.05, 4.69) is 9.97 Å². The molecule has 0 fully saturated rings. The lowest BCUT2D eigenvalue weighted by Crippen LogP contribution is -2.17. The van der Waals surface area contributed by atoms with E-state index < -0.39 is 17.2 Å².